The molecule has 1 aliphatic carbocycles. The molecule has 10 heteroatoms. The number of carbonyl (C=O) groups is 4. The lowest BCUT2D eigenvalue weighted by Gasteiger charge is -2.49. The van der Waals surface area contributed by atoms with E-state index >= 15 is 0 Å². The predicted molar refractivity (Wildman–Crippen MR) is 103 cm³/mol. The maximum Gasteiger partial charge on any atom is 0.352 e. The van der Waals surface area contributed by atoms with Crippen LogP contribution < -0.4 is 11.1 Å². The molecule has 8 nitrogen and oxygen atoms in total. The molecule has 1 unspecified atom stereocenters. The molecular formula is C17H19N3O5S2. The summed E-state index contributed by atoms with van der Waals surface area (Å²) in [6, 6.07) is -0.734. The number of hydrogen-bond acceptors (Lipinski definition) is 6. The first-order chi connectivity index (χ1) is 12.9. The van der Waals surface area contributed by atoms with Gasteiger partial charge in [0.25, 0.3) is 11.1 Å². The number of nitrogens with two attached hydrogens (primary N) is 1. The van der Waals surface area contributed by atoms with Gasteiger partial charge in [-0.25, -0.2) is 4.79 Å². The molecule has 3 aliphatic rings. The first-order valence-corrected chi connectivity index (χ1v) is 10.4. The van der Waals surface area contributed by atoms with Crippen LogP contribution in [0.5, 0.6) is 0 Å². The Bertz CT molecular complexity index is 789. The average Bonchev–Trinajstić information content (AvgIpc) is 2.64. The van der Waals surface area contributed by atoms with E-state index in [2.05, 4.69) is 5.32 Å². The number of fused-ring (bicyclic) bond motifs is 1. The van der Waals surface area contributed by atoms with Crippen LogP contribution in [0.25, 0.3) is 0 Å². The SMILES string of the molecule is NC(=O)SCC1=C(C(=O)O)N2C(=O)C(NC(=O)CC3=CCC=CC3)[C@@H]2SC1. The molecule has 0 bridgehead atoms. The zero-order chi connectivity index (χ0) is 19.6. The molecule has 2 heterocycles. The first-order valence-electron chi connectivity index (χ1n) is 8.33. The zero-order valence-corrected chi connectivity index (χ0v) is 16.0. The standard InChI is InChI=1S/C17H19N3O5S2/c18-17(25)27-8-10-7-26-15-12(14(22)20(15)13(10)16(23)24)19-11(21)6-9-4-2-1-3-5-9/h1-2,5,12,15H,3-4,6-8H2,(H2,18,25)(H,19,21)(H,23,24)/t12?,15-/m0/s1. The number of primary amides is 1. The van der Waals surface area contributed by atoms with Crippen molar-refractivity contribution >= 4 is 46.5 Å². The van der Waals surface area contributed by atoms with Crippen molar-refractivity contribution in [1.82, 2.24) is 10.2 Å². The summed E-state index contributed by atoms with van der Waals surface area (Å²) in [6.07, 6.45) is 7.79. The van der Waals surface area contributed by atoms with E-state index in [4.69, 9.17) is 5.73 Å². The van der Waals surface area contributed by atoms with E-state index < -0.39 is 28.5 Å². The van der Waals surface area contributed by atoms with Crippen molar-refractivity contribution in [3.63, 3.8) is 0 Å². The quantitative estimate of drug-likeness (QED) is 0.444. The van der Waals surface area contributed by atoms with Gasteiger partial charge in [-0.3, -0.25) is 19.3 Å². The molecule has 1 saturated heterocycles. The number of hydrogen-bond donors (Lipinski definition) is 3. The minimum absolute atomic E-state index is 0.108. The van der Waals surface area contributed by atoms with Crippen LogP contribution in [0.2, 0.25) is 0 Å². The summed E-state index contributed by atoms with van der Waals surface area (Å²) >= 11 is 2.18. The molecule has 3 amide bonds. The number of amides is 3. The van der Waals surface area contributed by atoms with Gasteiger partial charge in [-0.05, 0) is 18.4 Å². The van der Waals surface area contributed by atoms with Gasteiger partial charge in [0.05, 0.1) is 0 Å². The van der Waals surface area contributed by atoms with Gasteiger partial charge in [0, 0.05) is 17.9 Å². The highest BCUT2D eigenvalue weighted by Crippen LogP contribution is 2.41. The van der Waals surface area contributed by atoms with E-state index in [1.807, 2.05) is 18.2 Å². The molecule has 2 aliphatic heterocycles. The van der Waals surface area contributed by atoms with Gasteiger partial charge in [-0.2, -0.15) is 0 Å². The normalized spacial score (nSPS) is 24.1. The average molecular weight is 409 g/mol. The Hall–Kier alpha value is -2.20. The molecule has 0 aromatic carbocycles. The van der Waals surface area contributed by atoms with Crippen LogP contribution in [0.1, 0.15) is 19.3 Å². The molecule has 0 radical (unpaired) electrons. The number of aliphatic carboxylic acids is 1. The molecule has 27 heavy (non-hydrogen) atoms. The fourth-order valence-electron chi connectivity index (χ4n) is 3.18. The molecule has 0 aromatic rings. The number of thioether (sulfide) groups is 2. The van der Waals surface area contributed by atoms with Crippen LogP contribution >= 0.6 is 23.5 Å². The molecule has 2 atom stereocenters. The second kappa shape index (κ2) is 8.22. The lowest BCUT2D eigenvalue weighted by molar-refractivity contribution is -0.150. The van der Waals surface area contributed by atoms with E-state index in [1.165, 1.54) is 16.7 Å². The van der Waals surface area contributed by atoms with Crippen molar-refractivity contribution in [1.29, 1.82) is 0 Å². The van der Waals surface area contributed by atoms with Crippen LogP contribution in [0.3, 0.4) is 0 Å². The Morgan fingerprint density at radius 1 is 1.37 bits per heavy atom. The van der Waals surface area contributed by atoms with Crippen LogP contribution in [-0.2, 0) is 14.4 Å². The fourth-order valence-corrected chi connectivity index (χ4v) is 5.21. The maximum absolute atomic E-state index is 12.5. The molecule has 4 N–H and O–H groups in total. The van der Waals surface area contributed by atoms with Crippen molar-refractivity contribution < 1.29 is 24.3 Å². The second-order valence-electron chi connectivity index (χ2n) is 6.27. The third kappa shape index (κ3) is 4.22. The number of rotatable bonds is 6. The number of nitrogens with one attached hydrogen (secondary N) is 1. The summed E-state index contributed by atoms with van der Waals surface area (Å²) in [6.45, 7) is 0. The van der Waals surface area contributed by atoms with Gasteiger partial charge < -0.3 is 16.2 Å². The lowest BCUT2D eigenvalue weighted by Crippen LogP contribution is -2.70. The van der Waals surface area contributed by atoms with E-state index in [1.54, 1.807) is 0 Å². The summed E-state index contributed by atoms with van der Waals surface area (Å²) in [7, 11) is 0. The summed E-state index contributed by atoms with van der Waals surface area (Å²) in [5, 5.41) is 11.2. The Labute approximate surface area is 164 Å². The van der Waals surface area contributed by atoms with E-state index in [0.717, 1.165) is 30.2 Å². The van der Waals surface area contributed by atoms with E-state index in [0.29, 0.717) is 11.3 Å². The minimum atomic E-state index is -1.22. The third-order valence-corrected chi connectivity index (χ3v) is 6.55. The Morgan fingerprint density at radius 2 is 2.15 bits per heavy atom. The fraction of sp³-hybridized carbons (Fsp3) is 0.412. The molecule has 0 saturated carbocycles. The van der Waals surface area contributed by atoms with Gasteiger partial charge in [-0.1, -0.05) is 35.6 Å². The molecule has 144 valence electrons. The number of carboxylic acid groups (broad SMARTS) is 1. The highest BCUT2D eigenvalue weighted by Gasteiger charge is 2.54. The number of carbonyl (C=O) groups excluding carboxylic acids is 3. The van der Waals surface area contributed by atoms with Crippen LogP contribution in [0.15, 0.2) is 35.1 Å². The highest BCUT2D eigenvalue weighted by molar-refractivity contribution is 8.13. The van der Waals surface area contributed by atoms with E-state index in [9.17, 15) is 24.3 Å². The zero-order valence-electron chi connectivity index (χ0n) is 14.3. The Morgan fingerprint density at radius 3 is 2.78 bits per heavy atom. The van der Waals surface area contributed by atoms with Gasteiger partial charge in [0.2, 0.25) is 5.91 Å². The van der Waals surface area contributed by atoms with Crippen molar-refractivity contribution in [2.45, 2.75) is 30.7 Å². The molecule has 1 fully saturated rings. The van der Waals surface area contributed by atoms with Crippen LogP contribution in [0, 0.1) is 0 Å². The monoisotopic (exact) mass is 409 g/mol. The number of allylic oxidation sites excluding steroid dienone is 3. The van der Waals surface area contributed by atoms with Gasteiger partial charge in [0.15, 0.2) is 0 Å². The van der Waals surface area contributed by atoms with Crippen molar-refractivity contribution in [3.05, 3.63) is 35.1 Å². The smallest absolute Gasteiger partial charge is 0.352 e. The number of nitrogens with zero attached hydrogens (tertiary/aromatic N) is 1. The lowest BCUT2D eigenvalue weighted by atomic mass is 10.0. The first kappa shape index (κ1) is 19.6. The Kier molecular flexibility index (Phi) is 5.95. The van der Waals surface area contributed by atoms with Gasteiger partial charge in [-0.15, -0.1) is 11.8 Å². The molecule has 3 rings (SSSR count). The highest BCUT2D eigenvalue weighted by atomic mass is 32.2. The van der Waals surface area contributed by atoms with Gasteiger partial charge >= 0.3 is 5.97 Å². The summed E-state index contributed by atoms with van der Waals surface area (Å²) in [5.74, 6) is -1.43. The third-order valence-electron chi connectivity index (χ3n) is 4.43. The second-order valence-corrected chi connectivity index (χ2v) is 8.36. The van der Waals surface area contributed by atoms with Crippen molar-refractivity contribution in [2.75, 3.05) is 11.5 Å². The number of β-lactam (4-membered cyclic amide) rings is 1. The predicted octanol–water partition coefficient (Wildman–Crippen LogP) is 1.20. The summed E-state index contributed by atoms with van der Waals surface area (Å²) < 4.78 is 0. The maximum atomic E-state index is 12.5. The minimum Gasteiger partial charge on any atom is -0.477 e. The van der Waals surface area contributed by atoms with Crippen molar-refractivity contribution in [3.8, 4) is 0 Å². The van der Waals surface area contributed by atoms with E-state index in [-0.39, 0.29) is 23.8 Å². The largest absolute Gasteiger partial charge is 0.477 e. The number of carboxylic acids is 1. The van der Waals surface area contributed by atoms with Crippen LogP contribution in [-0.4, -0.2) is 56.0 Å². The van der Waals surface area contributed by atoms with Gasteiger partial charge in [0.1, 0.15) is 17.1 Å². The summed E-state index contributed by atoms with van der Waals surface area (Å²) in [4.78, 5) is 48.5. The molecule has 0 spiro atoms. The summed E-state index contributed by atoms with van der Waals surface area (Å²) in [5.41, 5.74) is 6.47. The molecular weight excluding hydrogens is 390 g/mol. The Balaban J connectivity index is 1.66. The van der Waals surface area contributed by atoms with Crippen LogP contribution in [0.4, 0.5) is 4.79 Å². The topological polar surface area (TPSA) is 130 Å². The molecule has 0 aromatic heterocycles. The van der Waals surface area contributed by atoms with Crippen molar-refractivity contribution in [2.24, 2.45) is 5.73 Å².